The summed E-state index contributed by atoms with van der Waals surface area (Å²) in [7, 11) is 1.76. The minimum absolute atomic E-state index is 0.179. The lowest BCUT2D eigenvalue weighted by atomic mass is 9.64. The maximum absolute atomic E-state index is 5.79. The number of hydrogen-bond donors (Lipinski definition) is 1. The molecule has 1 rings (SSSR count). The summed E-state index contributed by atoms with van der Waals surface area (Å²) < 4.78 is 5.35. The van der Waals surface area contributed by atoms with Gasteiger partial charge in [0.2, 0.25) is 0 Å². The van der Waals surface area contributed by atoms with Gasteiger partial charge in [-0.25, -0.2) is 0 Å². The van der Waals surface area contributed by atoms with Gasteiger partial charge in [-0.2, -0.15) is 0 Å². The average Bonchev–Trinajstić information content (AvgIpc) is 2.16. The topological polar surface area (TPSA) is 21.3 Å². The van der Waals surface area contributed by atoms with Gasteiger partial charge in [-0.15, -0.1) is 0 Å². The van der Waals surface area contributed by atoms with Crippen LogP contribution in [0.25, 0.3) is 0 Å². The normalized spacial score (nSPS) is 31.4. The minimum atomic E-state index is 0.179. The molecule has 0 bridgehead atoms. The Balaban J connectivity index is 2.36. The lowest BCUT2D eigenvalue weighted by molar-refractivity contribution is -0.0964. The van der Waals surface area contributed by atoms with E-state index in [1.54, 1.807) is 7.11 Å². The van der Waals surface area contributed by atoms with Crippen LogP contribution in [0.2, 0.25) is 0 Å². The first-order valence-electron chi connectivity index (χ1n) is 4.73. The molecule has 0 aromatic rings. The standard InChI is InChI=1S/C10H17Cl2NO/c1-10(2)8(4-9(10)14-3)13-6-7(12)5-11/h5,8-9,13H,4,6H2,1-3H3. The average molecular weight is 238 g/mol. The van der Waals surface area contributed by atoms with Crippen molar-refractivity contribution in [3.63, 3.8) is 0 Å². The third-order valence-corrected chi connectivity index (χ3v) is 3.72. The first kappa shape index (κ1) is 12.3. The van der Waals surface area contributed by atoms with Crippen LogP contribution in [0.3, 0.4) is 0 Å². The van der Waals surface area contributed by atoms with Gasteiger partial charge in [0.25, 0.3) is 0 Å². The Labute approximate surface area is 95.6 Å². The molecule has 4 heteroatoms. The maximum atomic E-state index is 5.79. The Hall–Kier alpha value is 0.240. The Morgan fingerprint density at radius 3 is 2.71 bits per heavy atom. The number of nitrogens with one attached hydrogen (secondary N) is 1. The smallest absolute Gasteiger partial charge is 0.0652 e. The summed E-state index contributed by atoms with van der Waals surface area (Å²) in [5, 5.41) is 4.00. The molecule has 2 atom stereocenters. The molecular formula is C10H17Cl2NO. The molecule has 1 aliphatic rings. The van der Waals surface area contributed by atoms with E-state index in [9.17, 15) is 0 Å². The highest BCUT2D eigenvalue weighted by Crippen LogP contribution is 2.42. The predicted molar refractivity (Wildman–Crippen MR) is 60.8 cm³/mol. The molecule has 0 aromatic heterocycles. The predicted octanol–water partition coefficient (Wildman–Crippen LogP) is 2.71. The first-order valence-corrected chi connectivity index (χ1v) is 5.54. The molecule has 0 aliphatic heterocycles. The largest absolute Gasteiger partial charge is 0.381 e. The van der Waals surface area contributed by atoms with E-state index in [-0.39, 0.29) is 5.41 Å². The quantitative estimate of drug-likeness (QED) is 0.813. The molecule has 0 radical (unpaired) electrons. The second-order valence-corrected chi connectivity index (χ2v) is 4.97. The van der Waals surface area contributed by atoms with Gasteiger partial charge in [-0.1, -0.05) is 37.0 Å². The van der Waals surface area contributed by atoms with Crippen molar-refractivity contribution in [2.45, 2.75) is 32.4 Å². The molecule has 2 unspecified atom stereocenters. The second-order valence-electron chi connectivity index (χ2n) is 4.27. The number of halogens is 2. The molecule has 1 saturated carbocycles. The van der Waals surface area contributed by atoms with E-state index in [1.807, 2.05) is 0 Å². The lowest BCUT2D eigenvalue weighted by Gasteiger charge is -2.51. The molecule has 2 nitrogen and oxygen atoms in total. The van der Waals surface area contributed by atoms with Crippen molar-refractivity contribution in [2.24, 2.45) is 5.41 Å². The number of rotatable bonds is 4. The summed E-state index contributed by atoms with van der Waals surface area (Å²) in [4.78, 5) is 0. The van der Waals surface area contributed by atoms with Crippen molar-refractivity contribution in [1.82, 2.24) is 5.32 Å². The van der Waals surface area contributed by atoms with Crippen molar-refractivity contribution in [3.8, 4) is 0 Å². The fraction of sp³-hybridized carbons (Fsp3) is 0.800. The number of methoxy groups -OCH3 is 1. The minimum Gasteiger partial charge on any atom is -0.381 e. The maximum Gasteiger partial charge on any atom is 0.0652 e. The summed E-state index contributed by atoms with van der Waals surface area (Å²) in [5.41, 5.74) is 1.58. The van der Waals surface area contributed by atoms with E-state index in [0.717, 1.165) is 6.42 Å². The van der Waals surface area contributed by atoms with Crippen LogP contribution in [0, 0.1) is 5.41 Å². The zero-order chi connectivity index (χ0) is 10.8. The van der Waals surface area contributed by atoms with Gasteiger partial charge in [0.1, 0.15) is 0 Å². The van der Waals surface area contributed by atoms with Gasteiger partial charge in [0.15, 0.2) is 0 Å². The van der Waals surface area contributed by atoms with Crippen LogP contribution in [0.5, 0.6) is 0 Å². The van der Waals surface area contributed by atoms with E-state index in [4.69, 9.17) is 27.9 Å². The first-order chi connectivity index (χ1) is 6.52. The fourth-order valence-corrected chi connectivity index (χ4v) is 2.05. The van der Waals surface area contributed by atoms with Crippen LogP contribution < -0.4 is 5.32 Å². The van der Waals surface area contributed by atoms with E-state index in [0.29, 0.717) is 23.7 Å². The van der Waals surface area contributed by atoms with Crippen LogP contribution in [-0.4, -0.2) is 25.8 Å². The highest BCUT2D eigenvalue weighted by Gasteiger charge is 2.48. The third-order valence-electron chi connectivity index (χ3n) is 3.10. The highest BCUT2D eigenvalue weighted by atomic mass is 35.5. The number of ether oxygens (including phenoxy) is 1. The zero-order valence-electron chi connectivity index (χ0n) is 8.81. The Morgan fingerprint density at radius 2 is 2.29 bits per heavy atom. The molecule has 0 amide bonds. The van der Waals surface area contributed by atoms with Crippen molar-refractivity contribution in [2.75, 3.05) is 13.7 Å². The summed E-state index contributed by atoms with van der Waals surface area (Å²) in [6.07, 6.45) is 1.38. The third kappa shape index (κ3) is 2.43. The zero-order valence-corrected chi connectivity index (χ0v) is 10.3. The van der Waals surface area contributed by atoms with E-state index in [1.165, 1.54) is 5.54 Å². The van der Waals surface area contributed by atoms with Gasteiger partial charge >= 0.3 is 0 Å². The molecule has 0 heterocycles. The monoisotopic (exact) mass is 237 g/mol. The van der Waals surface area contributed by atoms with Crippen molar-refractivity contribution in [3.05, 3.63) is 10.6 Å². The molecule has 0 aromatic carbocycles. The molecule has 14 heavy (non-hydrogen) atoms. The lowest BCUT2D eigenvalue weighted by Crippen LogP contribution is -2.60. The Bertz CT molecular complexity index is 228. The van der Waals surface area contributed by atoms with Gasteiger partial charge in [0.05, 0.1) is 6.10 Å². The number of hydrogen-bond acceptors (Lipinski definition) is 2. The molecule has 1 N–H and O–H groups in total. The molecule has 0 spiro atoms. The van der Waals surface area contributed by atoms with Gasteiger partial charge in [-0.3, -0.25) is 0 Å². The second kappa shape index (κ2) is 4.84. The molecular weight excluding hydrogens is 221 g/mol. The molecule has 0 saturated heterocycles. The van der Waals surface area contributed by atoms with Crippen LogP contribution >= 0.6 is 23.2 Å². The van der Waals surface area contributed by atoms with E-state index < -0.39 is 0 Å². The van der Waals surface area contributed by atoms with Crippen molar-refractivity contribution >= 4 is 23.2 Å². The summed E-state index contributed by atoms with van der Waals surface area (Å²) in [6.45, 7) is 5.02. The molecule has 82 valence electrons. The molecule has 1 aliphatic carbocycles. The van der Waals surface area contributed by atoms with Crippen LogP contribution in [-0.2, 0) is 4.74 Å². The SMILES string of the molecule is COC1CC(NCC(Cl)=CCl)C1(C)C. The highest BCUT2D eigenvalue weighted by molar-refractivity contribution is 6.36. The summed E-state index contributed by atoms with van der Waals surface area (Å²) >= 11 is 11.3. The van der Waals surface area contributed by atoms with E-state index >= 15 is 0 Å². The van der Waals surface area contributed by atoms with Crippen LogP contribution in [0.4, 0.5) is 0 Å². The van der Waals surface area contributed by atoms with Gasteiger partial charge in [-0.05, 0) is 6.42 Å². The van der Waals surface area contributed by atoms with Crippen LogP contribution in [0.15, 0.2) is 10.6 Å². The molecule has 1 fully saturated rings. The van der Waals surface area contributed by atoms with Crippen LogP contribution in [0.1, 0.15) is 20.3 Å². The Morgan fingerprint density at radius 1 is 1.64 bits per heavy atom. The van der Waals surface area contributed by atoms with E-state index in [2.05, 4.69) is 19.2 Å². The summed E-state index contributed by atoms with van der Waals surface area (Å²) in [6, 6.07) is 0.456. The van der Waals surface area contributed by atoms with Crippen molar-refractivity contribution in [1.29, 1.82) is 0 Å². The Kier molecular flexibility index (Phi) is 4.26. The summed E-state index contributed by atoms with van der Waals surface area (Å²) in [5.74, 6) is 0. The van der Waals surface area contributed by atoms with Gasteiger partial charge < -0.3 is 10.1 Å². The van der Waals surface area contributed by atoms with Gasteiger partial charge in [0, 0.05) is 35.7 Å². The fourth-order valence-electron chi connectivity index (χ4n) is 1.89. The van der Waals surface area contributed by atoms with Crippen molar-refractivity contribution < 1.29 is 4.74 Å².